The van der Waals surface area contributed by atoms with Gasteiger partial charge < -0.3 is 5.32 Å². The summed E-state index contributed by atoms with van der Waals surface area (Å²) in [5.41, 5.74) is 0.887. The Bertz CT molecular complexity index is 434. The van der Waals surface area contributed by atoms with E-state index in [-0.39, 0.29) is 12.3 Å². The Morgan fingerprint density at radius 2 is 2.00 bits per heavy atom. The van der Waals surface area contributed by atoms with Crippen molar-refractivity contribution in [3.8, 4) is 6.07 Å². The average molecular weight is 265 g/mol. The zero-order valence-electron chi connectivity index (χ0n) is 10.6. The number of benzene rings is 1. The number of carbonyl (C=O) groups excluding carboxylic acids is 1. The van der Waals surface area contributed by atoms with E-state index in [0.717, 1.165) is 5.56 Å². The van der Waals surface area contributed by atoms with Gasteiger partial charge in [0.2, 0.25) is 5.91 Å². The minimum atomic E-state index is -0.412. The van der Waals surface area contributed by atoms with E-state index < -0.39 is 6.04 Å². The fourth-order valence-electron chi connectivity index (χ4n) is 1.65. The molecule has 3 nitrogen and oxygen atoms in total. The molecule has 0 unspecified atom stereocenters. The van der Waals surface area contributed by atoms with Crippen LogP contribution >= 0.6 is 11.6 Å². The molecule has 0 fully saturated rings. The summed E-state index contributed by atoms with van der Waals surface area (Å²) in [6.45, 7) is 4.05. The highest BCUT2D eigenvalue weighted by atomic mass is 35.5. The second-order valence-corrected chi connectivity index (χ2v) is 5.12. The van der Waals surface area contributed by atoms with Crippen molar-refractivity contribution in [2.75, 3.05) is 0 Å². The standard InChI is InChI=1S/C14H17ClN2O/c1-10(2)7-13(9-16)17-14(18)8-11-3-5-12(15)6-4-11/h3-6,10,13H,7-8H2,1-2H3,(H,17,18)/t13-/m1/s1. The maximum atomic E-state index is 11.8. The second-order valence-electron chi connectivity index (χ2n) is 4.68. The number of nitriles is 1. The lowest BCUT2D eigenvalue weighted by atomic mass is 10.0. The molecule has 0 aliphatic carbocycles. The van der Waals surface area contributed by atoms with Crippen molar-refractivity contribution < 1.29 is 4.79 Å². The van der Waals surface area contributed by atoms with E-state index >= 15 is 0 Å². The average Bonchev–Trinajstić information content (AvgIpc) is 2.30. The van der Waals surface area contributed by atoms with Crippen LogP contribution < -0.4 is 5.32 Å². The van der Waals surface area contributed by atoms with E-state index in [1.54, 1.807) is 12.1 Å². The van der Waals surface area contributed by atoms with Crippen LogP contribution in [0.1, 0.15) is 25.8 Å². The Labute approximate surface area is 113 Å². The molecule has 4 heteroatoms. The Morgan fingerprint density at radius 3 is 2.50 bits per heavy atom. The summed E-state index contributed by atoms with van der Waals surface area (Å²) in [6, 6.07) is 8.82. The lowest BCUT2D eigenvalue weighted by molar-refractivity contribution is -0.120. The Hall–Kier alpha value is -1.53. The van der Waals surface area contributed by atoms with Crippen LogP contribution in [0, 0.1) is 17.2 Å². The fourth-order valence-corrected chi connectivity index (χ4v) is 1.77. The first kappa shape index (κ1) is 14.5. The number of nitrogens with one attached hydrogen (secondary N) is 1. The predicted molar refractivity (Wildman–Crippen MR) is 72.2 cm³/mol. The van der Waals surface area contributed by atoms with Gasteiger partial charge in [-0.1, -0.05) is 37.6 Å². The number of halogens is 1. The van der Waals surface area contributed by atoms with Crippen molar-refractivity contribution in [1.82, 2.24) is 5.32 Å². The third-order valence-electron chi connectivity index (χ3n) is 2.48. The summed E-state index contributed by atoms with van der Waals surface area (Å²) >= 11 is 5.77. The molecule has 0 aromatic heterocycles. The number of hydrogen-bond acceptors (Lipinski definition) is 2. The summed E-state index contributed by atoms with van der Waals surface area (Å²) in [5.74, 6) is 0.245. The summed E-state index contributed by atoms with van der Waals surface area (Å²) in [5, 5.41) is 12.3. The Kier molecular flexibility index (Phi) is 5.67. The van der Waals surface area contributed by atoms with Crippen LogP contribution in [0.5, 0.6) is 0 Å². The topological polar surface area (TPSA) is 52.9 Å². The lowest BCUT2D eigenvalue weighted by Crippen LogP contribution is -2.35. The van der Waals surface area contributed by atoms with Crippen LogP contribution in [0.3, 0.4) is 0 Å². The van der Waals surface area contributed by atoms with E-state index in [1.165, 1.54) is 0 Å². The Morgan fingerprint density at radius 1 is 1.39 bits per heavy atom. The molecule has 1 aromatic rings. The zero-order valence-corrected chi connectivity index (χ0v) is 11.4. The highest BCUT2D eigenvalue weighted by Crippen LogP contribution is 2.10. The van der Waals surface area contributed by atoms with Gasteiger partial charge in [0.05, 0.1) is 12.5 Å². The van der Waals surface area contributed by atoms with Crippen LogP contribution in [-0.2, 0) is 11.2 Å². The van der Waals surface area contributed by atoms with Gasteiger partial charge in [0.25, 0.3) is 0 Å². The predicted octanol–water partition coefficient (Wildman–Crippen LogP) is 2.94. The maximum absolute atomic E-state index is 11.8. The molecule has 1 atom stereocenters. The highest BCUT2D eigenvalue weighted by Gasteiger charge is 2.13. The molecule has 18 heavy (non-hydrogen) atoms. The van der Waals surface area contributed by atoms with Crippen molar-refractivity contribution in [1.29, 1.82) is 5.26 Å². The smallest absolute Gasteiger partial charge is 0.225 e. The maximum Gasteiger partial charge on any atom is 0.225 e. The van der Waals surface area contributed by atoms with Crippen molar-refractivity contribution in [2.45, 2.75) is 32.7 Å². The monoisotopic (exact) mass is 264 g/mol. The minimum Gasteiger partial charge on any atom is -0.340 e. The van der Waals surface area contributed by atoms with Gasteiger partial charge in [-0.2, -0.15) is 5.26 Å². The van der Waals surface area contributed by atoms with Crippen LogP contribution in [0.4, 0.5) is 0 Å². The van der Waals surface area contributed by atoms with Crippen molar-refractivity contribution in [3.05, 3.63) is 34.9 Å². The summed E-state index contributed by atoms with van der Waals surface area (Å²) in [6.07, 6.45) is 0.941. The third kappa shape index (κ3) is 5.20. The number of carbonyl (C=O) groups is 1. The van der Waals surface area contributed by atoms with E-state index in [0.29, 0.717) is 17.4 Å². The zero-order chi connectivity index (χ0) is 13.5. The summed E-state index contributed by atoms with van der Waals surface area (Å²) < 4.78 is 0. The molecule has 0 saturated heterocycles. The Balaban J connectivity index is 2.50. The normalized spacial score (nSPS) is 11.9. The first-order valence-corrected chi connectivity index (χ1v) is 6.32. The van der Waals surface area contributed by atoms with Gasteiger partial charge in [0, 0.05) is 5.02 Å². The highest BCUT2D eigenvalue weighted by molar-refractivity contribution is 6.30. The number of rotatable bonds is 5. The van der Waals surface area contributed by atoms with E-state index in [9.17, 15) is 4.79 Å². The molecule has 0 radical (unpaired) electrons. The summed E-state index contributed by atoms with van der Waals surface area (Å²) in [4.78, 5) is 11.8. The van der Waals surface area contributed by atoms with Gasteiger partial charge in [-0.05, 0) is 30.0 Å². The molecule has 0 bridgehead atoms. The molecule has 96 valence electrons. The van der Waals surface area contributed by atoms with Gasteiger partial charge in [0.1, 0.15) is 6.04 Å². The largest absolute Gasteiger partial charge is 0.340 e. The summed E-state index contributed by atoms with van der Waals surface area (Å²) in [7, 11) is 0. The second kappa shape index (κ2) is 7.03. The SMILES string of the molecule is CC(C)C[C@H](C#N)NC(=O)Cc1ccc(Cl)cc1. The van der Waals surface area contributed by atoms with Crippen LogP contribution in [-0.4, -0.2) is 11.9 Å². The van der Waals surface area contributed by atoms with Crippen molar-refractivity contribution in [3.63, 3.8) is 0 Å². The quantitative estimate of drug-likeness (QED) is 0.889. The van der Waals surface area contributed by atoms with Crippen LogP contribution in [0.2, 0.25) is 5.02 Å². The molecule has 1 rings (SSSR count). The van der Waals surface area contributed by atoms with E-state index in [1.807, 2.05) is 26.0 Å². The molecular formula is C14H17ClN2O. The molecular weight excluding hydrogens is 248 g/mol. The molecule has 1 aromatic carbocycles. The van der Waals surface area contributed by atoms with Gasteiger partial charge >= 0.3 is 0 Å². The van der Waals surface area contributed by atoms with Gasteiger partial charge in [-0.15, -0.1) is 0 Å². The van der Waals surface area contributed by atoms with Gasteiger partial charge in [-0.3, -0.25) is 4.79 Å². The van der Waals surface area contributed by atoms with Crippen LogP contribution in [0.25, 0.3) is 0 Å². The number of hydrogen-bond donors (Lipinski definition) is 1. The van der Waals surface area contributed by atoms with E-state index in [4.69, 9.17) is 16.9 Å². The van der Waals surface area contributed by atoms with E-state index in [2.05, 4.69) is 11.4 Å². The van der Waals surface area contributed by atoms with Gasteiger partial charge in [0.15, 0.2) is 0 Å². The number of amides is 1. The minimum absolute atomic E-state index is 0.135. The molecule has 1 amide bonds. The fraction of sp³-hybridized carbons (Fsp3) is 0.429. The first-order valence-electron chi connectivity index (χ1n) is 5.94. The van der Waals surface area contributed by atoms with Crippen LogP contribution in [0.15, 0.2) is 24.3 Å². The molecule has 0 aliphatic rings. The van der Waals surface area contributed by atoms with Crippen molar-refractivity contribution in [2.24, 2.45) is 5.92 Å². The van der Waals surface area contributed by atoms with Gasteiger partial charge in [-0.25, -0.2) is 0 Å². The first-order chi connectivity index (χ1) is 8.51. The number of nitrogens with zero attached hydrogens (tertiary/aromatic N) is 1. The lowest BCUT2D eigenvalue weighted by Gasteiger charge is -2.13. The molecule has 0 aliphatic heterocycles. The molecule has 0 heterocycles. The molecule has 0 saturated carbocycles. The third-order valence-corrected chi connectivity index (χ3v) is 2.73. The van der Waals surface area contributed by atoms with Crippen molar-refractivity contribution >= 4 is 17.5 Å². The molecule has 1 N–H and O–H groups in total. The molecule has 0 spiro atoms.